The Kier molecular flexibility index (Phi) is 5.87. The molecular weight excluding hydrogens is 254 g/mol. The van der Waals surface area contributed by atoms with Gasteiger partial charge in [-0.15, -0.1) is 0 Å². The molecule has 0 heterocycles. The molecule has 1 aliphatic carbocycles. The fraction of sp³-hybridized carbons (Fsp3) is 0.562. The van der Waals surface area contributed by atoms with Crippen molar-refractivity contribution >= 4 is 5.97 Å². The van der Waals surface area contributed by atoms with E-state index in [0.717, 1.165) is 24.8 Å². The van der Waals surface area contributed by atoms with E-state index in [9.17, 15) is 4.79 Å². The first-order valence-electron chi connectivity index (χ1n) is 7.42. The van der Waals surface area contributed by atoms with Gasteiger partial charge in [-0.25, -0.2) is 4.79 Å². The number of carboxylic acids is 1. The highest BCUT2D eigenvalue weighted by Crippen LogP contribution is 2.22. The van der Waals surface area contributed by atoms with E-state index in [4.69, 9.17) is 9.84 Å². The van der Waals surface area contributed by atoms with Gasteiger partial charge in [-0.05, 0) is 49.6 Å². The molecule has 20 heavy (non-hydrogen) atoms. The predicted octanol–water partition coefficient (Wildman–Crippen LogP) is 2.93. The summed E-state index contributed by atoms with van der Waals surface area (Å²) in [7, 11) is 0. The van der Waals surface area contributed by atoms with E-state index >= 15 is 0 Å². The van der Waals surface area contributed by atoms with Crippen molar-refractivity contribution in [2.75, 3.05) is 19.7 Å². The van der Waals surface area contributed by atoms with Crippen molar-refractivity contribution in [3.63, 3.8) is 0 Å². The van der Waals surface area contributed by atoms with Crippen LogP contribution in [-0.4, -0.2) is 30.8 Å². The van der Waals surface area contributed by atoms with Crippen molar-refractivity contribution in [2.45, 2.75) is 32.1 Å². The zero-order chi connectivity index (χ0) is 14.2. The van der Waals surface area contributed by atoms with Crippen molar-refractivity contribution in [3.8, 4) is 5.75 Å². The summed E-state index contributed by atoms with van der Waals surface area (Å²) in [5.41, 5.74) is 0.285. The number of carbonyl (C=O) groups is 1. The first kappa shape index (κ1) is 14.9. The average molecular weight is 277 g/mol. The Labute approximate surface area is 120 Å². The Hall–Kier alpha value is -1.55. The smallest absolute Gasteiger partial charge is 0.335 e. The number of hydrogen-bond donors (Lipinski definition) is 2. The summed E-state index contributed by atoms with van der Waals surface area (Å²) in [5.74, 6) is 0.638. The Morgan fingerprint density at radius 2 is 1.90 bits per heavy atom. The van der Waals surface area contributed by atoms with E-state index in [1.54, 1.807) is 24.3 Å². The molecule has 4 nitrogen and oxygen atoms in total. The summed E-state index contributed by atoms with van der Waals surface area (Å²) < 4.78 is 5.57. The zero-order valence-corrected chi connectivity index (χ0v) is 11.8. The van der Waals surface area contributed by atoms with Crippen LogP contribution in [0.4, 0.5) is 0 Å². The number of hydrogen-bond acceptors (Lipinski definition) is 3. The van der Waals surface area contributed by atoms with Crippen molar-refractivity contribution in [3.05, 3.63) is 29.8 Å². The van der Waals surface area contributed by atoms with Crippen LogP contribution in [0.3, 0.4) is 0 Å². The molecule has 0 unspecified atom stereocenters. The van der Waals surface area contributed by atoms with Crippen LogP contribution >= 0.6 is 0 Å². The van der Waals surface area contributed by atoms with E-state index in [1.807, 2.05) is 0 Å². The molecule has 0 radical (unpaired) electrons. The number of carboxylic acid groups (broad SMARTS) is 1. The molecule has 1 aromatic rings. The highest BCUT2D eigenvalue weighted by molar-refractivity contribution is 5.87. The van der Waals surface area contributed by atoms with Crippen molar-refractivity contribution < 1.29 is 14.6 Å². The van der Waals surface area contributed by atoms with Gasteiger partial charge in [0.05, 0.1) is 5.56 Å². The van der Waals surface area contributed by atoms with Crippen LogP contribution in [0.5, 0.6) is 5.75 Å². The number of nitrogens with one attached hydrogen (secondary N) is 1. The van der Waals surface area contributed by atoms with Gasteiger partial charge in [-0.2, -0.15) is 0 Å². The van der Waals surface area contributed by atoms with Crippen LogP contribution in [0.25, 0.3) is 0 Å². The maximum atomic E-state index is 10.7. The molecule has 4 heteroatoms. The van der Waals surface area contributed by atoms with E-state index in [2.05, 4.69) is 5.32 Å². The lowest BCUT2D eigenvalue weighted by Crippen LogP contribution is -2.28. The molecule has 0 atom stereocenters. The van der Waals surface area contributed by atoms with Crippen LogP contribution < -0.4 is 10.1 Å². The van der Waals surface area contributed by atoms with Crippen LogP contribution in [0.2, 0.25) is 0 Å². The second-order valence-electron chi connectivity index (χ2n) is 5.39. The largest absolute Gasteiger partial charge is 0.492 e. The van der Waals surface area contributed by atoms with Crippen molar-refractivity contribution in [1.29, 1.82) is 0 Å². The number of rotatable bonds is 7. The van der Waals surface area contributed by atoms with Gasteiger partial charge < -0.3 is 15.2 Å². The predicted molar refractivity (Wildman–Crippen MR) is 78.3 cm³/mol. The Bertz CT molecular complexity index is 410. The molecule has 0 amide bonds. The van der Waals surface area contributed by atoms with Gasteiger partial charge in [0.1, 0.15) is 12.4 Å². The summed E-state index contributed by atoms with van der Waals surface area (Å²) in [6.45, 7) is 2.53. The Morgan fingerprint density at radius 3 is 2.55 bits per heavy atom. The summed E-state index contributed by atoms with van der Waals surface area (Å²) in [6, 6.07) is 6.52. The standard InChI is InChI=1S/C16H23NO3/c18-16(19)14-6-8-15(9-7-14)20-11-10-17-12-13-4-2-1-3-5-13/h6-9,13,17H,1-5,10-12H2,(H,18,19). The fourth-order valence-electron chi connectivity index (χ4n) is 2.63. The maximum Gasteiger partial charge on any atom is 0.335 e. The maximum absolute atomic E-state index is 10.7. The number of aromatic carboxylic acids is 1. The van der Waals surface area contributed by atoms with Gasteiger partial charge in [0.2, 0.25) is 0 Å². The first-order chi connectivity index (χ1) is 9.75. The summed E-state index contributed by atoms with van der Waals surface area (Å²) >= 11 is 0. The monoisotopic (exact) mass is 277 g/mol. The van der Waals surface area contributed by atoms with E-state index in [0.29, 0.717) is 6.61 Å². The van der Waals surface area contributed by atoms with Crippen molar-refractivity contribution in [1.82, 2.24) is 5.32 Å². The second kappa shape index (κ2) is 7.90. The fourth-order valence-corrected chi connectivity index (χ4v) is 2.63. The third kappa shape index (κ3) is 4.85. The minimum absolute atomic E-state index is 0.285. The highest BCUT2D eigenvalue weighted by atomic mass is 16.5. The van der Waals surface area contributed by atoms with Gasteiger partial charge in [0.15, 0.2) is 0 Å². The lowest BCUT2D eigenvalue weighted by molar-refractivity contribution is 0.0697. The molecule has 0 aromatic heterocycles. The van der Waals surface area contributed by atoms with Gasteiger partial charge >= 0.3 is 5.97 Å². The van der Waals surface area contributed by atoms with Crippen LogP contribution in [-0.2, 0) is 0 Å². The number of benzene rings is 1. The van der Waals surface area contributed by atoms with Crippen molar-refractivity contribution in [2.24, 2.45) is 5.92 Å². The molecule has 0 bridgehead atoms. The van der Waals surface area contributed by atoms with Gasteiger partial charge in [-0.1, -0.05) is 19.3 Å². The molecule has 0 spiro atoms. The lowest BCUT2D eigenvalue weighted by Gasteiger charge is -2.21. The SMILES string of the molecule is O=C(O)c1ccc(OCCNCC2CCCCC2)cc1. The summed E-state index contributed by atoms with van der Waals surface area (Å²) in [5, 5.41) is 12.2. The Morgan fingerprint density at radius 1 is 1.20 bits per heavy atom. The minimum atomic E-state index is -0.911. The highest BCUT2D eigenvalue weighted by Gasteiger charge is 2.12. The molecule has 0 saturated heterocycles. The Balaban J connectivity index is 1.59. The molecule has 1 aliphatic rings. The molecule has 1 saturated carbocycles. The minimum Gasteiger partial charge on any atom is -0.492 e. The normalized spacial score (nSPS) is 16.0. The van der Waals surface area contributed by atoms with E-state index < -0.39 is 5.97 Å². The topological polar surface area (TPSA) is 58.6 Å². The number of ether oxygens (including phenoxy) is 1. The summed E-state index contributed by atoms with van der Waals surface area (Å²) in [6.07, 6.45) is 6.85. The molecule has 110 valence electrons. The molecule has 1 fully saturated rings. The average Bonchev–Trinajstić information content (AvgIpc) is 2.48. The molecular formula is C16H23NO3. The lowest BCUT2D eigenvalue weighted by atomic mass is 9.89. The van der Waals surface area contributed by atoms with Crippen LogP contribution in [0, 0.1) is 5.92 Å². The van der Waals surface area contributed by atoms with Gasteiger partial charge in [-0.3, -0.25) is 0 Å². The van der Waals surface area contributed by atoms with E-state index in [1.165, 1.54) is 32.1 Å². The van der Waals surface area contributed by atoms with E-state index in [-0.39, 0.29) is 5.56 Å². The third-order valence-electron chi connectivity index (χ3n) is 3.81. The molecule has 1 aromatic carbocycles. The van der Waals surface area contributed by atoms with Crippen LogP contribution in [0.1, 0.15) is 42.5 Å². The molecule has 2 N–H and O–H groups in total. The first-order valence-corrected chi connectivity index (χ1v) is 7.42. The van der Waals surface area contributed by atoms with Crippen LogP contribution in [0.15, 0.2) is 24.3 Å². The second-order valence-corrected chi connectivity index (χ2v) is 5.39. The van der Waals surface area contributed by atoms with Gasteiger partial charge in [0, 0.05) is 6.54 Å². The summed E-state index contributed by atoms with van der Waals surface area (Å²) in [4.78, 5) is 10.7. The zero-order valence-electron chi connectivity index (χ0n) is 11.8. The third-order valence-corrected chi connectivity index (χ3v) is 3.81. The molecule has 2 rings (SSSR count). The van der Waals surface area contributed by atoms with Gasteiger partial charge in [0.25, 0.3) is 0 Å². The molecule has 0 aliphatic heterocycles. The quantitative estimate of drug-likeness (QED) is 0.752.